The van der Waals surface area contributed by atoms with Gasteiger partial charge in [0.05, 0.1) is 0 Å². The minimum absolute atomic E-state index is 0.268. The standard InChI is InChI=1S/C13H14FN3O/c1-2-11-7-12(17-16-11)13(18)15-8-9-4-3-5-10(14)6-9/h3-7H,2,8H2,1H3,(H,15,18)(H,16,17). The highest BCUT2D eigenvalue weighted by molar-refractivity contribution is 5.92. The number of aromatic nitrogens is 2. The second-order valence-corrected chi connectivity index (χ2v) is 3.94. The molecule has 0 saturated carbocycles. The summed E-state index contributed by atoms with van der Waals surface area (Å²) in [5.41, 5.74) is 1.98. The Morgan fingerprint density at radius 1 is 1.44 bits per heavy atom. The molecule has 18 heavy (non-hydrogen) atoms. The van der Waals surface area contributed by atoms with Crippen LogP contribution in [0.3, 0.4) is 0 Å². The predicted molar refractivity (Wildman–Crippen MR) is 65.5 cm³/mol. The lowest BCUT2D eigenvalue weighted by molar-refractivity contribution is 0.0946. The third kappa shape index (κ3) is 2.94. The van der Waals surface area contributed by atoms with Gasteiger partial charge in [-0.05, 0) is 30.2 Å². The van der Waals surface area contributed by atoms with Gasteiger partial charge >= 0.3 is 0 Å². The summed E-state index contributed by atoms with van der Waals surface area (Å²) < 4.78 is 12.9. The van der Waals surface area contributed by atoms with Crippen molar-refractivity contribution in [1.82, 2.24) is 15.5 Å². The van der Waals surface area contributed by atoms with E-state index in [-0.39, 0.29) is 18.3 Å². The summed E-state index contributed by atoms with van der Waals surface area (Å²) >= 11 is 0. The number of H-pyrrole nitrogens is 1. The zero-order valence-electron chi connectivity index (χ0n) is 10.0. The van der Waals surface area contributed by atoms with E-state index in [1.807, 2.05) is 6.92 Å². The lowest BCUT2D eigenvalue weighted by Crippen LogP contribution is -2.23. The Morgan fingerprint density at radius 2 is 2.28 bits per heavy atom. The highest BCUT2D eigenvalue weighted by Crippen LogP contribution is 2.04. The van der Waals surface area contributed by atoms with E-state index in [0.29, 0.717) is 5.69 Å². The molecule has 0 aliphatic carbocycles. The molecule has 2 N–H and O–H groups in total. The van der Waals surface area contributed by atoms with E-state index in [2.05, 4.69) is 15.5 Å². The van der Waals surface area contributed by atoms with Crippen LogP contribution in [0.25, 0.3) is 0 Å². The first-order valence-electron chi connectivity index (χ1n) is 5.76. The summed E-state index contributed by atoms with van der Waals surface area (Å²) in [6, 6.07) is 7.84. The SMILES string of the molecule is CCc1cc(C(=O)NCc2cccc(F)c2)n[nH]1. The molecule has 0 atom stereocenters. The molecule has 4 nitrogen and oxygen atoms in total. The normalized spacial score (nSPS) is 10.3. The van der Waals surface area contributed by atoms with Crippen molar-refractivity contribution in [3.8, 4) is 0 Å². The molecule has 0 spiro atoms. The maximum Gasteiger partial charge on any atom is 0.272 e. The van der Waals surface area contributed by atoms with E-state index < -0.39 is 0 Å². The van der Waals surface area contributed by atoms with Crippen molar-refractivity contribution >= 4 is 5.91 Å². The number of benzene rings is 1. The number of nitrogens with zero attached hydrogens (tertiary/aromatic N) is 1. The molecule has 0 unspecified atom stereocenters. The van der Waals surface area contributed by atoms with Gasteiger partial charge in [-0.25, -0.2) is 4.39 Å². The summed E-state index contributed by atoms with van der Waals surface area (Å²) in [5, 5.41) is 9.37. The molecule has 1 heterocycles. The van der Waals surface area contributed by atoms with E-state index in [9.17, 15) is 9.18 Å². The Hall–Kier alpha value is -2.17. The maximum atomic E-state index is 12.9. The number of halogens is 1. The van der Waals surface area contributed by atoms with Crippen LogP contribution < -0.4 is 5.32 Å². The second-order valence-electron chi connectivity index (χ2n) is 3.94. The third-order valence-corrected chi connectivity index (χ3v) is 2.59. The molecular formula is C13H14FN3O. The monoisotopic (exact) mass is 247 g/mol. The molecule has 2 rings (SSSR count). The van der Waals surface area contributed by atoms with E-state index in [0.717, 1.165) is 17.7 Å². The molecule has 0 aliphatic heterocycles. The largest absolute Gasteiger partial charge is 0.347 e. The van der Waals surface area contributed by atoms with Gasteiger partial charge in [-0.1, -0.05) is 19.1 Å². The fourth-order valence-corrected chi connectivity index (χ4v) is 1.58. The van der Waals surface area contributed by atoms with Gasteiger partial charge in [-0.2, -0.15) is 5.10 Å². The fourth-order valence-electron chi connectivity index (χ4n) is 1.58. The van der Waals surface area contributed by atoms with Crippen LogP contribution in [0.5, 0.6) is 0 Å². The van der Waals surface area contributed by atoms with Gasteiger partial charge in [0, 0.05) is 12.2 Å². The Kier molecular flexibility index (Phi) is 3.72. The first-order valence-corrected chi connectivity index (χ1v) is 5.76. The van der Waals surface area contributed by atoms with Crippen molar-refractivity contribution < 1.29 is 9.18 Å². The quantitative estimate of drug-likeness (QED) is 0.868. The molecule has 0 aliphatic rings. The van der Waals surface area contributed by atoms with Crippen LogP contribution in [0.2, 0.25) is 0 Å². The van der Waals surface area contributed by atoms with Gasteiger partial charge in [0.25, 0.3) is 5.91 Å². The van der Waals surface area contributed by atoms with Crippen molar-refractivity contribution in [3.05, 3.63) is 53.1 Å². The molecule has 1 aromatic heterocycles. The van der Waals surface area contributed by atoms with Gasteiger partial charge in [0.1, 0.15) is 11.5 Å². The first kappa shape index (κ1) is 12.3. The van der Waals surface area contributed by atoms with Gasteiger partial charge in [0.2, 0.25) is 0 Å². The Balaban J connectivity index is 1.96. The molecule has 0 radical (unpaired) electrons. The predicted octanol–water partition coefficient (Wildman–Crippen LogP) is 2.04. The number of hydrogen-bond donors (Lipinski definition) is 2. The zero-order chi connectivity index (χ0) is 13.0. The molecule has 0 fully saturated rings. The Morgan fingerprint density at radius 3 is 2.94 bits per heavy atom. The van der Waals surface area contributed by atoms with E-state index in [1.54, 1.807) is 18.2 Å². The van der Waals surface area contributed by atoms with Crippen LogP contribution in [0, 0.1) is 5.82 Å². The van der Waals surface area contributed by atoms with Crippen molar-refractivity contribution in [1.29, 1.82) is 0 Å². The molecule has 0 bridgehead atoms. The lowest BCUT2D eigenvalue weighted by atomic mass is 10.2. The number of hydrogen-bond acceptors (Lipinski definition) is 2. The van der Waals surface area contributed by atoms with Gasteiger partial charge in [0.15, 0.2) is 0 Å². The minimum Gasteiger partial charge on any atom is -0.347 e. The van der Waals surface area contributed by atoms with Crippen LogP contribution in [-0.4, -0.2) is 16.1 Å². The van der Waals surface area contributed by atoms with Crippen molar-refractivity contribution in [2.45, 2.75) is 19.9 Å². The van der Waals surface area contributed by atoms with Crippen LogP contribution in [-0.2, 0) is 13.0 Å². The first-order chi connectivity index (χ1) is 8.69. The van der Waals surface area contributed by atoms with E-state index in [4.69, 9.17) is 0 Å². The summed E-state index contributed by atoms with van der Waals surface area (Å²) in [5.74, 6) is -0.579. The maximum absolute atomic E-state index is 12.9. The van der Waals surface area contributed by atoms with Crippen molar-refractivity contribution in [2.75, 3.05) is 0 Å². The van der Waals surface area contributed by atoms with Gasteiger partial charge < -0.3 is 5.32 Å². The molecule has 94 valence electrons. The van der Waals surface area contributed by atoms with Crippen LogP contribution in [0.1, 0.15) is 28.7 Å². The van der Waals surface area contributed by atoms with Crippen LogP contribution in [0.4, 0.5) is 4.39 Å². The van der Waals surface area contributed by atoms with Crippen LogP contribution in [0.15, 0.2) is 30.3 Å². The molecular weight excluding hydrogens is 233 g/mol. The number of rotatable bonds is 4. The topological polar surface area (TPSA) is 57.8 Å². The molecule has 0 saturated heterocycles. The van der Waals surface area contributed by atoms with E-state index in [1.165, 1.54) is 12.1 Å². The van der Waals surface area contributed by atoms with Crippen molar-refractivity contribution in [3.63, 3.8) is 0 Å². The third-order valence-electron chi connectivity index (χ3n) is 2.59. The summed E-state index contributed by atoms with van der Waals surface area (Å²) in [6.07, 6.45) is 0.796. The van der Waals surface area contributed by atoms with Crippen molar-refractivity contribution in [2.24, 2.45) is 0 Å². The lowest BCUT2D eigenvalue weighted by Gasteiger charge is -2.03. The smallest absolute Gasteiger partial charge is 0.272 e. The second kappa shape index (κ2) is 5.44. The molecule has 2 aromatic rings. The highest BCUT2D eigenvalue weighted by Gasteiger charge is 2.09. The number of carbonyl (C=O) groups is 1. The number of carbonyl (C=O) groups excluding carboxylic acids is 1. The van der Waals surface area contributed by atoms with Crippen LogP contribution >= 0.6 is 0 Å². The van der Waals surface area contributed by atoms with E-state index >= 15 is 0 Å². The molecule has 1 aromatic carbocycles. The Labute approximate surface area is 104 Å². The number of aromatic amines is 1. The molecule has 5 heteroatoms. The highest BCUT2D eigenvalue weighted by atomic mass is 19.1. The summed E-state index contributed by atoms with van der Waals surface area (Å²) in [6.45, 7) is 2.26. The number of amides is 1. The van der Waals surface area contributed by atoms with Gasteiger partial charge in [-0.3, -0.25) is 9.89 Å². The Bertz CT molecular complexity index is 551. The number of nitrogens with one attached hydrogen (secondary N) is 2. The number of aryl methyl sites for hydroxylation is 1. The fraction of sp³-hybridized carbons (Fsp3) is 0.231. The summed E-state index contributed by atoms with van der Waals surface area (Å²) in [7, 11) is 0. The minimum atomic E-state index is -0.310. The average Bonchev–Trinajstić information content (AvgIpc) is 2.85. The summed E-state index contributed by atoms with van der Waals surface area (Å²) in [4.78, 5) is 11.7. The zero-order valence-corrected chi connectivity index (χ0v) is 10.0. The molecule has 1 amide bonds. The van der Waals surface area contributed by atoms with Gasteiger partial charge in [-0.15, -0.1) is 0 Å². The average molecular weight is 247 g/mol.